The summed E-state index contributed by atoms with van der Waals surface area (Å²) in [6, 6.07) is 5.55. The molecule has 0 spiro atoms. The van der Waals surface area contributed by atoms with Gasteiger partial charge in [0.25, 0.3) is 0 Å². The molecular formula is C12H17ClN2O. The number of hydrogen-bond donors (Lipinski definition) is 2. The highest BCUT2D eigenvalue weighted by Gasteiger charge is 2.28. The molecular weight excluding hydrogens is 224 g/mol. The van der Waals surface area contributed by atoms with E-state index in [1.54, 1.807) is 6.07 Å². The van der Waals surface area contributed by atoms with Crippen LogP contribution in [0.2, 0.25) is 5.02 Å². The van der Waals surface area contributed by atoms with E-state index in [0.29, 0.717) is 16.6 Å². The minimum absolute atomic E-state index is 0.0963. The second-order valence-electron chi connectivity index (χ2n) is 4.57. The highest BCUT2D eigenvalue weighted by molar-refractivity contribution is 6.31. The van der Waals surface area contributed by atoms with Crippen molar-refractivity contribution in [1.29, 1.82) is 0 Å². The molecule has 0 amide bonds. The van der Waals surface area contributed by atoms with E-state index in [-0.39, 0.29) is 6.10 Å². The van der Waals surface area contributed by atoms with Crippen LogP contribution in [0.15, 0.2) is 18.2 Å². The zero-order valence-corrected chi connectivity index (χ0v) is 10.1. The Kier molecular flexibility index (Phi) is 3.26. The smallest absolute Gasteiger partial charge is 0.0598 e. The molecule has 2 rings (SSSR count). The van der Waals surface area contributed by atoms with E-state index in [2.05, 4.69) is 4.90 Å². The van der Waals surface area contributed by atoms with Crippen molar-refractivity contribution in [3.63, 3.8) is 0 Å². The lowest BCUT2D eigenvalue weighted by molar-refractivity contribution is 0.0465. The van der Waals surface area contributed by atoms with Crippen LogP contribution in [0.5, 0.6) is 0 Å². The zero-order valence-electron chi connectivity index (χ0n) is 9.36. The van der Waals surface area contributed by atoms with E-state index in [1.165, 1.54) is 0 Å². The van der Waals surface area contributed by atoms with Crippen LogP contribution in [0.3, 0.4) is 0 Å². The molecule has 1 aliphatic rings. The fourth-order valence-corrected chi connectivity index (χ4v) is 2.39. The van der Waals surface area contributed by atoms with Gasteiger partial charge in [-0.1, -0.05) is 11.6 Å². The van der Waals surface area contributed by atoms with Crippen molar-refractivity contribution in [3.05, 3.63) is 23.2 Å². The first-order valence-electron chi connectivity index (χ1n) is 5.50. The van der Waals surface area contributed by atoms with Crippen molar-refractivity contribution in [2.24, 2.45) is 5.92 Å². The third-order valence-corrected chi connectivity index (χ3v) is 3.38. The van der Waals surface area contributed by atoms with Gasteiger partial charge in [-0.15, -0.1) is 0 Å². The number of halogens is 1. The van der Waals surface area contributed by atoms with Crippen molar-refractivity contribution >= 4 is 23.0 Å². The van der Waals surface area contributed by atoms with Crippen molar-refractivity contribution < 1.29 is 5.11 Å². The summed E-state index contributed by atoms with van der Waals surface area (Å²) in [7, 11) is 2.02. The second kappa shape index (κ2) is 4.52. The number of benzene rings is 1. The quantitative estimate of drug-likeness (QED) is 0.796. The number of nitrogens with zero attached hydrogens (tertiary/aromatic N) is 1. The molecule has 1 aromatic rings. The van der Waals surface area contributed by atoms with Crippen LogP contribution < -0.4 is 10.6 Å². The number of nitrogen functional groups attached to an aromatic ring is 1. The highest BCUT2D eigenvalue weighted by Crippen LogP contribution is 2.31. The molecule has 0 aromatic heterocycles. The monoisotopic (exact) mass is 240 g/mol. The normalized spacial score (nSPS) is 23.9. The summed E-state index contributed by atoms with van der Waals surface area (Å²) in [4.78, 5) is 2.13. The van der Waals surface area contributed by atoms with Gasteiger partial charge in [-0.05, 0) is 37.0 Å². The van der Waals surface area contributed by atoms with Gasteiger partial charge < -0.3 is 15.7 Å². The number of nitrogens with two attached hydrogens (primary N) is 1. The molecule has 1 aliphatic carbocycles. The SMILES string of the molecule is CN(CC1CC(O)C1)c1ccc(Cl)cc1N. The van der Waals surface area contributed by atoms with Crippen molar-refractivity contribution in [2.45, 2.75) is 18.9 Å². The molecule has 0 atom stereocenters. The molecule has 0 aliphatic heterocycles. The molecule has 4 heteroatoms. The van der Waals surface area contributed by atoms with Gasteiger partial charge in [-0.3, -0.25) is 0 Å². The zero-order chi connectivity index (χ0) is 11.7. The van der Waals surface area contributed by atoms with Gasteiger partial charge in [0.15, 0.2) is 0 Å². The number of hydrogen-bond acceptors (Lipinski definition) is 3. The first-order chi connectivity index (χ1) is 7.56. The Morgan fingerprint density at radius 2 is 2.19 bits per heavy atom. The van der Waals surface area contributed by atoms with Crippen LogP contribution in [0, 0.1) is 5.92 Å². The lowest BCUT2D eigenvalue weighted by atomic mass is 9.82. The molecule has 0 radical (unpaired) electrons. The molecule has 16 heavy (non-hydrogen) atoms. The van der Waals surface area contributed by atoms with Crippen LogP contribution in [0.25, 0.3) is 0 Å². The maximum absolute atomic E-state index is 9.23. The lowest BCUT2D eigenvalue weighted by Gasteiger charge is -2.35. The van der Waals surface area contributed by atoms with Gasteiger partial charge in [0.05, 0.1) is 17.5 Å². The topological polar surface area (TPSA) is 49.5 Å². The molecule has 88 valence electrons. The van der Waals surface area contributed by atoms with Gasteiger partial charge >= 0.3 is 0 Å². The van der Waals surface area contributed by atoms with Crippen molar-refractivity contribution in [3.8, 4) is 0 Å². The molecule has 1 saturated carbocycles. The first-order valence-corrected chi connectivity index (χ1v) is 5.88. The predicted molar refractivity (Wildman–Crippen MR) is 67.9 cm³/mol. The van der Waals surface area contributed by atoms with Gasteiger partial charge in [0, 0.05) is 18.6 Å². The Morgan fingerprint density at radius 3 is 2.75 bits per heavy atom. The van der Waals surface area contributed by atoms with Crippen LogP contribution in [0.4, 0.5) is 11.4 Å². The summed E-state index contributed by atoms with van der Waals surface area (Å²) in [5.74, 6) is 0.579. The molecule has 1 aromatic carbocycles. The molecule has 0 bridgehead atoms. The average molecular weight is 241 g/mol. The summed E-state index contributed by atoms with van der Waals surface area (Å²) in [6.07, 6.45) is 1.70. The number of aliphatic hydroxyl groups excluding tert-OH is 1. The van der Waals surface area contributed by atoms with Crippen molar-refractivity contribution in [1.82, 2.24) is 0 Å². The van der Waals surface area contributed by atoms with Gasteiger partial charge in [-0.25, -0.2) is 0 Å². The maximum atomic E-state index is 9.23. The Morgan fingerprint density at radius 1 is 1.50 bits per heavy atom. The van der Waals surface area contributed by atoms with E-state index in [9.17, 15) is 5.11 Å². The number of anilines is 2. The van der Waals surface area contributed by atoms with Gasteiger partial charge in [-0.2, -0.15) is 0 Å². The summed E-state index contributed by atoms with van der Waals surface area (Å²) in [5.41, 5.74) is 7.62. The Balaban J connectivity index is 2.00. The molecule has 1 fully saturated rings. The summed E-state index contributed by atoms with van der Waals surface area (Å²) in [5, 5.41) is 9.89. The fraction of sp³-hybridized carbons (Fsp3) is 0.500. The van der Waals surface area contributed by atoms with E-state index >= 15 is 0 Å². The Bertz CT molecular complexity index is 377. The Labute approximate surface area is 101 Å². The van der Waals surface area contributed by atoms with Crippen molar-refractivity contribution in [2.75, 3.05) is 24.2 Å². The minimum atomic E-state index is -0.0963. The number of aliphatic hydroxyl groups is 1. The third kappa shape index (κ3) is 2.42. The highest BCUT2D eigenvalue weighted by atomic mass is 35.5. The van der Waals surface area contributed by atoms with Crippen LogP contribution >= 0.6 is 11.6 Å². The van der Waals surface area contributed by atoms with Crippen LogP contribution in [-0.2, 0) is 0 Å². The first kappa shape index (κ1) is 11.6. The third-order valence-electron chi connectivity index (χ3n) is 3.14. The van der Waals surface area contributed by atoms with Gasteiger partial charge in [0.1, 0.15) is 0 Å². The summed E-state index contributed by atoms with van der Waals surface area (Å²) >= 11 is 5.85. The van der Waals surface area contributed by atoms with E-state index < -0.39 is 0 Å². The second-order valence-corrected chi connectivity index (χ2v) is 5.01. The minimum Gasteiger partial charge on any atom is -0.397 e. The molecule has 3 nitrogen and oxygen atoms in total. The van der Waals surface area contributed by atoms with E-state index in [0.717, 1.165) is 25.1 Å². The molecule has 0 unspecified atom stereocenters. The standard InChI is InChI=1S/C12H17ClN2O/c1-15(7-8-4-10(16)5-8)12-3-2-9(13)6-11(12)14/h2-3,6,8,10,16H,4-5,7,14H2,1H3. The fourth-order valence-electron chi connectivity index (χ4n) is 2.21. The number of rotatable bonds is 3. The van der Waals surface area contributed by atoms with E-state index in [4.69, 9.17) is 17.3 Å². The largest absolute Gasteiger partial charge is 0.397 e. The molecule has 0 heterocycles. The average Bonchev–Trinajstić information content (AvgIpc) is 2.15. The van der Waals surface area contributed by atoms with Crippen LogP contribution in [0.1, 0.15) is 12.8 Å². The van der Waals surface area contributed by atoms with Crippen LogP contribution in [-0.4, -0.2) is 24.8 Å². The maximum Gasteiger partial charge on any atom is 0.0598 e. The Hall–Kier alpha value is -0.930. The predicted octanol–water partition coefficient (Wildman–Crippen LogP) is 2.13. The molecule has 0 saturated heterocycles. The lowest BCUT2D eigenvalue weighted by Crippen LogP contribution is -2.37. The molecule has 3 N–H and O–H groups in total. The van der Waals surface area contributed by atoms with E-state index in [1.807, 2.05) is 19.2 Å². The summed E-state index contributed by atoms with van der Waals surface area (Å²) < 4.78 is 0. The summed E-state index contributed by atoms with van der Waals surface area (Å²) in [6.45, 7) is 0.933. The van der Waals surface area contributed by atoms with Gasteiger partial charge in [0.2, 0.25) is 0 Å².